The van der Waals surface area contributed by atoms with Crippen LogP contribution in [0, 0.1) is 0 Å². The predicted octanol–water partition coefficient (Wildman–Crippen LogP) is 7.24. The van der Waals surface area contributed by atoms with Gasteiger partial charge in [-0.1, -0.05) is 109 Å². The highest BCUT2D eigenvalue weighted by atomic mass is 35.5. The van der Waals surface area contributed by atoms with Crippen LogP contribution in [0.25, 0.3) is 12.2 Å². The van der Waals surface area contributed by atoms with E-state index in [2.05, 4.69) is 78.9 Å². The molecule has 0 nitrogen and oxygen atoms in total. The Balaban J connectivity index is 1.74. The molecule has 124 valence electrons. The highest BCUT2D eigenvalue weighted by Crippen LogP contribution is 2.23. The van der Waals surface area contributed by atoms with Crippen LogP contribution in [-0.4, -0.2) is 0 Å². The van der Waals surface area contributed by atoms with Crippen LogP contribution in [0.5, 0.6) is 0 Å². The molecule has 1 unspecified atom stereocenters. The first-order valence-corrected chi connectivity index (χ1v) is 8.89. The zero-order chi connectivity index (χ0) is 17.3. The SMILES string of the molecule is Clc1ccc(/C=C/CC(/C=C/c2ccccc2)c2ccccc2)cc1. The highest BCUT2D eigenvalue weighted by molar-refractivity contribution is 6.30. The molecule has 0 saturated carbocycles. The summed E-state index contributed by atoms with van der Waals surface area (Å²) >= 11 is 5.94. The Morgan fingerprint density at radius 2 is 1.28 bits per heavy atom. The van der Waals surface area contributed by atoms with Gasteiger partial charge in [-0.15, -0.1) is 0 Å². The molecule has 3 aromatic carbocycles. The van der Waals surface area contributed by atoms with E-state index in [9.17, 15) is 0 Å². The molecule has 0 aliphatic rings. The quantitative estimate of drug-likeness (QED) is 0.442. The van der Waals surface area contributed by atoms with Crippen molar-refractivity contribution in [1.29, 1.82) is 0 Å². The van der Waals surface area contributed by atoms with Crippen molar-refractivity contribution in [2.75, 3.05) is 0 Å². The third kappa shape index (κ3) is 5.48. The van der Waals surface area contributed by atoms with Gasteiger partial charge < -0.3 is 0 Å². The maximum absolute atomic E-state index is 5.94. The maximum Gasteiger partial charge on any atom is 0.0406 e. The molecule has 0 aromatic heterocycles. The Labute approximate surface area is 155 Å². The Hall–Kier alpha value is -2.57. The first-order chi connectivity index (χ1) is 12.3. The van der Waals surface area contributed by atoms with Crippen molar-refractivity contribution in [2.45, 2.75) is 12.3 Å². The van der Waals surface area contributed by atoms with Crippen molar-refractivity contribution < 1.29 is 0 Å². The normalized spacial score (nSPS) is 12.7. The minimum absolute atomic E-state index is 0.352. The van der Waals surface area contributed by atoms with Crippen LogP contribution in [0.15, 0.2) is 97.1 Å². The van der Waals surface area contributed by atoms with E-state index in [1.165, 1.54) is 16.7 Å². The van der Waals surface area contributed by atoms with Gasteiger partial charge in [0.05, 0.1) is 0 Å². The van der Waals surface area contributed by atoms with Crippen LogP contribution in [0.3, 0.4) is 0 Å². The van der Waals surface area contributed by atoms with Crippen LogP contribution < -0.4 is 0 Å². The number of halogens is 1. The summed E-state index contributed by atoms with van der Waals surface area (Å²) in [4.78, 5) is 0. The van der Waals surface area contributed by atoms with Gasteiger partial charge in [0, 0.05) is 10.9 Å². The van der Waals surface area contributed by atoms with E-state index in [0.717, 1.165) is 11.4 Å². The van der Waals surface area contributed by atoms with Crippen LogP contribution in [0.4, 0.5) is 0 Å². The third-order valence-corrected chi connectivity index (χ3v) is 4.37. The zero-order valence-electron chi connectivity index (χ0n) is 14.1. The first kappa shape index (κ1) is 17.3. The van der Waals surface area contributed by atoms with E-state index in [-0.39, 0.29) is 0 Å². The van der Waals surface area contributed by atoms with Gasteiger partial charge in [0.15, 0.2) is 0 Å². The fourth-order valence-corrected chi connectivity index (χ4v) is 2.87. The van der Waals surface area contributed by atoms with Crippen LogP contribution in [-0.2, 0) is 0 Å². The smallest absolute Gasteiger partial charge is 0.0406 e. The molecular weight excluding hydrogens is 324 g/mol. The Kier molecular flexibility index (Phi) is 6.25. The largest absolute Gasteiger partial charge is 0.0843 e. The van der Waals surface area contributed by atoms with E-state index in [4.69, 9.17) is 11.6 Å². The summed E-state index contributed by atoms with van der Waals surface area (Å²) in [6, 6.07) is 29.0. The number of allylic oxidation sites excluding steroid dienone is 2. The number of rotatable bonds is 6. The van der Waals surface area contributed by atoms with Crippen molar-refractivity contribution in [3.63, 3.8) is 0 Å². The van der Waals surface area contributed by atoms with Crippen molar-refractivity contribution in [1.82, 2.24) is 0 Å². The van der Waals surface area contributed by atoms with E-state index in [1.807, 2.05) is 30.3 Å². The monoisotopic (exact) mass is 344 g/mol. The highest BCUT2D eigenvalue weighted by Gasteiger charge is 2.05. The molecule has 0 fully saturated rings. The lowest BCUT2D eigenvalue weighted by atomic mass is 9.94. The minimum atomic E-state index is 0.352. The van der Waals surface area contributed by atoms with Crippen LogP contribution >= 0.6 is 11.6 Å². The molecule has 0 spiro atoms. The van der Waals surface area contributed by atoms with E-state index in [1.54, 1.807) is 0 Å². The molecule has 0 saturated heterocycles. The summed E-state index contributed by atoms with van der Waals surface area (Å²) in [5, 5.41) is 0.769. The summed E-state index contributed by atoms with van der Waals surface area (Å²) in [6.45, 7) is 0. The molecule has 0 bridgehead atoms. The molecule has 1 heteroatoms. The lowest BCUT2D eigenvalue weighted by molar-refractivity contribution is 0.870. The summed E-state index contributed by atoms with van der Waals surface area (Å²) in [6.07, 6.45) is 9.83. The summed E-state index contributed by atoms with van der Waals surface area (Å²) in [5.41, 5.74) is 3.73. The molecule has 0 amide bonds. The van der Waals surface area contributed by atoms with Crippen LogP contribution in [0.1, 0.15) is 29.0 Å². The molecule has 1 atom stereocenters. The standard InChI is InChI=1S/C24H21Cl/c25-24-18-15-21(16-19-24)10-7-13-23(22-11-5-2-6-12-22)17-14-20-8-3-1-4-9-20/h1-12,14-19,23H,13H2/b10-7+,17-14+. The Morgan fingerprint density at radius 1 is 0.680 bits per heavy atom. The van der Waals surface area contributed by atoms with E-state index < -0.39 is 0 Å². The van der Waals surface area contributed by atoms with Crippen molar-refractivity contribution in [3.8, 4) is 0 Å². The molecule has 25 heavy (non-hydrogen) atoms. The molecule has 0 N–H and O–H groups in total. The topological polar surface area (TPSA) is 0 Å². The van der Waals surface area contributed by atoms with Gasteiger partial charge >= 0.3 is 0 Å². The first-order valence-electron chi connectivity index (χ1n) is 8.51. The fourth-order valence-electron chi connectivity index (χ4n) is 2.74. The Bertz CT molecular complexity index is 815. The van der Waals surface area contributed by atoms with Crippen molar-refractivity contribution in [2.24, 2.45) is 0 Å². The molecule has 0 heterocycles. The van der Waals surface area contributed by atoms with E-state index >= 15 is 0 Å². The molecule has 3 rings (SSSR count). The average Bonchev–Trinajstić information content (AvgIpc) is 2.67. The maximum atomic E-state index is 5.94. The third-order valence-electron chi connectivity index (χ3n) is 4.12. The molecule has 0 aliphatic heterocycles. The second kappa shape index (κ2) is 9.05. The number of hydrogen-bond donors (Lipinski definition) is 0. The van der Waals surface area contributed by atoms with Crippen LogP contribution in [0.2, 0.25) is 5.02 Å². The lowest BCUT2D eigenvalue weighted by Crippen LogP contribution is -1.93. The van der Waals surface area contributed by atoms with Gasteiger partial charge in [0.1, 0.15) is 0 Å². The Morgan fingerprint density at radius 3 is 1.96 bits per heavy atom. The van der Waals surface area contributed by atoms with Gasteiger partial charge in [-0.2, -0.15) is 0 Å². The van der Waals surface area contributed by atoms with Crippen molar-refractivity contribution >= 4 is 23.8 Å². The molecule has 0 aliphatic carbocycles. The van der Waals surface area contributed by atoms with Crippen molar-refractivity contribution in [3.05, 3.63) is 119 Å². The second-order valence-corrected chi connectivity index (χ2v) is 6.41. The van der Waals surface area contributed by atoms with E-state index in [0.29, 0.717) is 5.92 Å². The summed E-state index contributed by atoms with van der Waals surface area (Å²) in [5.74, 6) is 0.352. The summed E-state index contributed by atoms with van der Waals surface area (Å²) in [7, 11) is 0. The average molecular weight is 345 g/mol. The number of hydrogen-bond acceptors (Lipinski definition) is 0. The minimum Gasteiger partial charge on any atom is -0.0843 e. The number of benzene rings is 3. The van der Waals surface area contributed by atoms with Gasteiger partial charge in [-0.25, -0.2) is 0 Å². The molecule has 0 radical (unpaired) electrons. The second-order valence-electron chi connectivity index (χ2n) is 5.98. The lowest BCUT2D eigenvalue weighted by Gasteiger charge is -2.11. The van der Waals surface area contributed by atoms with Gasteiger partial charge in [0.25, 0.3) is 0 Å². The summed E-state index contributed by atoms with van der Waals surface area (Å²) < 4.78 is 0. The predicted molar refractivity (Wildman–Crippen MR) is 110 cm³/mol. The molecular formula is C24H21Cl. The molecule has 3 aromatic rings. The zero-order valence-corrected chi connectivity index (χ0v) is 14.8. The van der Waals surface area contributed by atoms with Gasteiger partial charge in [-0.05, 0) is 35.2 Å². The fraction of sp³-hybridized carbons (Fsp3) is 0.0833. The van der Waals surface area contributed by atoms with Gasteiger partial charge in [-0.3, -0.25) is 0 Å². The van der Waals surface area contributed by atoms with Gasteiger partial charge in [0.2, 0.25) is 0 Å².